The van der Waals surface area contributed by atoms with Gasteiger partial charge in [-0.05, 0) is 18.9 Å². The highest BCUT2D eigenvalue weighted by Crippen LogP contribution is 2.29. The summed E-state index contributed by atoms with van der Waals surface area (Å²) in [6.07, 6.45) is 2.08. The Balaban J connectivity index is 1.79. The molecule has 7 heteroatoms. The van der Waals surface area contributed by atoms with Crippen molar-refractivity contribution in [2.45, 2.75) is 33.7 Å². The largest absolute Gasteiger partial charge is 0.379 e. The van der Waals surface area contributed by atoms with Crippen LogP contribution in [0.2, 0.25) is 0 Å². The second-order valence-corrected chi connectivity index (χ2v) is 7.07. The van der Waals surface area contributed by atoms with Gasteiger partial charge in [-0.2, -0.15) is 0 Å². The van der Waals surface area contributed by atoms with Crippen molar-refractivity contribution in [3.8, 4) is 0 Å². The number of pyridine rings is 1. The van der Waals surface area contributed by atoms with Crippen LogP contribution in [0.1, 0.15) is 27.2 Å². The molecule has 0 fully saturated rings. The Bertz CT molecular complexity index is 936. The quantitative estimate of drug-likeness (QED) is 0.540. The molecule has 0 saturated heterocycles. The maximum Gasteiger partial charge on any atom is 0.227 e. The van der Waals surface area contributed by atoms with Crippen molar-refractivity contribution in [3.63, 3.8) is 0 Å². The van der Waals surface area contributed by atoms with Crippen molar-refractivity contribution in [2.75, 3.05) is 31.7 Å². The Morgan fingerprint density at radius 1 is 1.18 bits per heavy atom. The van der Waals surface area contributed by atoms with E-state index in [4.69, 9.17) is 9.47 Å². The minimum atomic E-state index is -0.140. The van der Waals surface area contributed by atoms with Gasteiger partial charge in [-0.3, -0.25) is 4.79 Å². The van der Waals surface area contributed by atoms with E-state index in [0.717, 1.165) is 23.0 Å². The van der Waals surface area contributed by atoms with Gasteiger partial charge >= 0.3 is 0 Å². The number of hydrogen-bond donors (Lipinski definition) is 1. The second kappa shape index (κ2) is 9.61. The number of imidazole rings is 1. The van der Waals surface area contributed by atoms with E-state index in [-0.39, 0.29) is 12.3 Å². The van der Waals surface area contributed by atoms with Gasteiger partial charge in [0.1, 0.15) is 5.52 Å². The van der Waals surface area contributed by atoms with Gasteiger partial charge in [0.25, 0.3) is 0 Å². The molecule has 0 saturated carbocycles. The summed E-state index contributed by atoms with van der Waals surface area (Å²) < 4.78 is 12.8. The fourth-order valence-electron chi connectivity index (χ4n) is 3.13. The Morgan fingerprint density at radius 3 is 2.75 bits per heavy atom. The molecule has 2 heterocycles. The van der Waals surface area contributed by atoms with Gasteiger partial charge in [-0.15, -0.1) is 0 Å². The lowest BCUT2D eigenvalue weighted by atomic mass is 10.1. The van der Waals surface area contributed by atoms with Crippen LogP contribution in [0.4, 0.5) is 5.82 Å². The summed E-state index contributed by atoms with van der Waals surface area (Å²) in [5.41, 5.74) is 2.55. The highest BCUT2D eigenvalue weighted by Gasteiger charge is 2.16. The first-order valence-electron chi connectivity index (χ1n) is 9.79. The number of fused-ring (bicyclic) bond motifs is 3. The van der Waals surface area contributed by atoms with E-state index in [1.165, 1.54) is 0 Å². The van der Waals surface area contributed by atoms with E-state index in [2.05, 4.69) is 33.7 Å². The monoisotopic (exact) mass is 384 g/mol. The van der Waals surface area contributed by atoms with Gasteiger partial charge in [-0.25, -0.2) is 9.97 Å². The van der Waals surface area contributed by atoms with Crippen LogP contribution in [0.15, 0.2) is 30.6 Å². The summed E-state index contributed by atoms with van der Waals surface area (Å²) >= 11 is 0. The normalized spacial score (nSPS) is 11.6. The molecule has 1 aromatic carbocycles. The van der Waals surface area contributed by atoms with E-state index in [9.17, 15) is 4.79 Å². The maximum absolute atomic E-state index is 12.4. The van der Waals surface area contributed by atoms with Crippen molar-refractivity contribution < 1.29 is 14.3 Å². The van der Waals surface area contributed by atoms with Gasteiger partial charge in [0.05, 0.1) is 43.6 Å². The molecular formula is C21H28N4O3. The summed E-state index contributed by atoms with van der Waals surface area (Å²) in [4.78, 5) is 21.5. The van der Waals surface area contributed by atoms with Gasteiger partial charge in [0.2, 0.25) is 5.91 Å². The predicted octanol–water partition coefficient (Wildman–Crippen LogP) is 3.62. The molecule has 0 aliphatic carbocycles. The molecule has 0 atom stereocenters. The molecule has 28 heavy (non-hydrogen) atoms. The number of hydrogen-bond acceptors (Lipinski definition) is 5. The highest BCUT2D eigenvalue weighted by atomic mass is 16.5. The van der Waals surface area contributed by atoms with Crippen molar-refractivity contribution >= 4 is 33.7 Å². The van der Waals surface area contributed by atoms with Gasteiger partial charge in [0, 0.05) is 18.5 Å². The molecule has 0 bridgehead atoms. The van der Waals surface area contributed by atoms with Gasteiger partial charge < -0.3 is 19.4 Å². The first kappa shape index (κ1) is 20.2. The zero-order chi connectivity index (χ0) is 19.9. The van der Waals surface area contributed by atoms with E-state index in [1.807, 2.05) is 37.5 Å². The molecule has 3 rings (SSSR count). The average Bonchev–Trinajstić information content (AvgIpc) is 3.08. The van der Waals surface area contributed by atoms with Crippen LogP contribution in [0.3, 0.4) is 0 Å². The minimum Gasteiger partial charge on any atom is -0.379 e. The lowest BCUT2D eigenvalue weighted by Gasteiger charge is -2.11. The van der Waals surface area contributed by atoms with Crippen molar-refractivity contribution in [1.29, 1.82) is 0 Å². The highest BCUT2D eigenvalue weighted by molar-refractivity contribution is 6.09. The van der Waals surface area contributed by atoms with Crippen molar-refractivity contribution in [2.24, 2.45) is 5.92 Å². The van der Waals surface area contributed by atoms with Gasteiger partial charge in [0.15, 0.2) is 5.82 Å². The Labute approximate surface area is 165 Å². The van der Waals surface area contributed by atoms with Crippen LogP contribution in [0.5, 0.6) is 0 Å². The number of para-hydroxylation sites is 1. The number of rotatable bonds is 10. The number of carbonyl (C=O) groups excluding carboxylic acids is 1. The van der Waals surface area contributed by atoms with E-state index in [1.54, 1.807) is 0 Å². The van der Waals surface area contributed by atoms with Crippen molar-refractivity contribution in [1.82, 2.24) is 14.5 Å². The fourth-order valence-corrected chi connectivity index (χ4v) is 3.13. The second-order valence-electron chi connectivity index (χ2n) is 7.07. The zero-order valence-electron chi connectivity index (χ0n) is 16.8. The summed E-state index contributed by atoms with van der Waals surface area (Å²) in [6, 6.07) is 7.94. The lowest BCUT2D eigenvalue weighted by Crippen LogP contribution is -2.16. The van der Waals surface area contributed by atoms with Crippen LogP contribution in [-0.2, 0) is 20.8 Å². The first-order chi connectivity index (χ1) is 13.6. The third-order valence-corrected chi connectivity index (χ3v) is 4.32. The molecule has 3 aromatic rings. The number of nitrogens with zero attached hydrogens (tertiary/aromatic N) is 3. The third kappa shape index (κ3) is 4.85. The summed E-state index contributed by atoms with van der Waals surface area (Å²) in [7, 11) is 0. The van der Waals surface area contributed by atoms with Crippen LogP contribution in [0.25, 0.3) is 21.9 Å². The molecule has 7 nitrogen and oxygen atoms in total. The zero-order valence-corrected chi connectivity index (χ0v) is 16.8. The van der Waals surface area contributed by atoms with E-state index in [0.29, 0.717) is 43.7 Å². The molecule has 0 aliphatic rings. The smallest absolute Gasteiger partial charge is 0.227 e. The fraction of sp³-hybridized carbons (Fsp3) is 0.476. The topological polar surface area (TPSA) is 78.3 Å². The molecule has 1 amide bonds. The number of anilines is 1. The SMILES string of the molecule is CCOCCOCCC(=O)Nc1nc2ccccc2c2c1ncn2CC(C)C. The van der Waals surface area contributed by atoms with E-state index < -0.39 is 0 Å². The molecule has 0 unspecified atom stereocenters. The molecule has 150 valence electrons. The average molecular weight is 384 g/mol. The standard InChI is InChI=1S/C21H28N4O3/c1-4-27-11-12-28-10-9-18(26)24-21-19-20(25(14-22-19)13-15(2)3)16-7-5-6-8-17(16)23-21/h5-8,14-15H,4,9-13H2,1-3H3,(H,23,24,26). The summed E-state index contributed by atoms with van der Waals surface area (Å²) in [5.74, 6) is 0.839. The van der Waals surface area contributed by atoms with E-state index >= 15 is 0 Å². The number of ether oxygens (including phenoxy) is 2. The van der Waals surface area contributed by atoms with Crippen LogP contribution >= 0.6 is 0 Å². The number of aromatic nitrogens is 3. The lowest BCUT2D eigenvalue weighted by molar-refractivity contribution is -0.117. The number of nitrogens with one attached hydrogen (secondary N) is 1. The molecular weight excluding hydrogens is 356 g/mol. The van der Waals surface area contributed by atoms with Crippen LogP contribution in [0, 0.1) is 5.92 Å². The number of benzene rings is 1. The minimum absolute atomic E-state index is 0.140. The van der Waals surface area contributed by atoms with Crippen LogP contribution in [-0.4, -0.2) is 46.9 Å². The number of amides is 1. The molecule has 2 aromatic heterocycles. The Kier molecular flexibility index (Phi) is 6.95. The molecule has 1 N–H and O–H groups in total. The molecule has 0 aliphatic heterocycles. The third-order valence-electron chi connectivity index (χ3n) is 4.32. The Hall–Kier alpha value is -2.51. The molecule has 0 radical (unpaired) electrons. The van der Waals surface area contributed by atoms with Crippen molar-refractivity contribution in [3.05, 3.63) is 30.6 Å². The van der Waals surface area contributed by atoms with Gasteiger partial charge in [-0.1, -0.05) is 32.0 Å². The number of carbonyl (C=O) groups is 1. The summed E-state index contributed by atoms with van der Waals surface area (Å²) in [5, 5.41) is 3.94. The predicted molar refractivity (Wildman–Crippen MR) is 110 cm³/mol. The Morgan fingerprint density at radius 2 is 1.96 bits per heavy atom. The molecule has 0 spiro atoms. The van der Waals surface area contributed by atoms with Crippen LogP contribution < -0.4 is 5.32 Å². The maximum atomic E-state index is 12.4. The summed E-state index contributed by atoms with van der Waals surface area (Å²) in [6.45, 7) is 9.16. The first-order valence-corrected chi connectivity index (χ1v) is 9.79.